The number of aromatic nitrogens is 4. The van der Waals surface area contributed by atoms with Crippen molar-refractivity contribution in [1.82, 2.24) is 19.1 Å². The fraction of sp³-hybridized carbons (Fsp3) is 0.133. The van der Waals surface area contributed by atoms with Crippen molar-refractivity contribution < 1.29 is 0 Å². The quantitative estimate of drug-likeness (QED) is 0.187. The van der Waals surface area contributed by atoms with Gasteiger partial charge in [0.15, 0.2) is 5.82 Å². The van der Waals surface area contributed by atoms with Crippen molar-refractivity contribution in [1.29, 1.82) is 0 Å². The highest BCUT2D eigenvalue weighted by molar-refractivity contribution is 6.29. The molecule has 50 heavy (non-hydrogen) atoms. The zero-order valence-electron chi connectivity index (χ0n) is 27.7. The lowest BCUT2D eigenvalue weighted by Gasteiger charge is -2.19. The summed E-state index contributed by atoms with van der Waals surface area (Å²) in [5.74, 6) is 1.89. The Kier molecular flexibility index (Phi) is 6.83. The van der Waals surface area contributed by atoms with E-state index in [2.05, 4.69) is 155 Å². The van der Waals surface area contributed by atoms with Gasteiger partial charge >= 0.3 is 0 Å². The Morgan fingerprint density at radius 2 is 1.36 bits per heavy atom. The number of nitrogens with zero attached hydrogens (tertiary/aromatic N) is 5. The van der Waals surface area contributed by atoms with Crippen molar-refractivity contribution in [2.75, 3.05) is 0 Å². The Bertz CT molecular complexity index is 2670. The van der Waals surface area contributed by atoms with Crippen LogP contribution in [-0.2, 0) is 0 Å². The van der Waals surface area contributed by atoms with E-state index in [0.717, 1.165) is 77.6 Å². The predicted molar refractivity (Wildman–Crippen MR) is 208 cm³/mol. The first kappa shape index (κ1) is 28.9. The van der Waals surface area contributed by atoms with E-state index >= 15 is 0 Å². The number of aliphatic imine (C=N–C) groups is 1. The summed E-state index contributed by atoms with van der Waals surface area (Å²) in [6.45, 7) is 0. The Morgan fingerprint density at radius 3 is 2.10 bits per heavy atom. The standard InChI is InChI=1S/C45H35N5/c1-4-15-30(16-5-1)36-29-37(31-17-6-2-7-18-31)48-45(47-36)35-23-14-26-42(46-35)50-39-25-13-11-22-34(39)44-41(50)28-27-40-43(44)33-21-10-12-24-38(33)49(40)32-19-8-3-9-20-32/h1,3-6,8-13,15,17-22,24-30H,2,7,14,16,23H2. The summed E-state index contributed by atoms with van der Waals surface area (Å²) in [7, 11) is 0. The summed E-state index contributed by atoms with van der Waals surface area (Å²) < 4.78 is 4.74. The van der Waals surface area contributed by atoms with E-state index < -0.39 is 0 Å². The van der Waals surface area contributed by atoms with Gasteiger partial charge in [0.2, 0.25) is 0 Å². The largest absolute Gasteiger partial charge is 0.309 e. The molecule has 4 heterocycles. The van der Waals surface area contributed by atoms with E-state index in [1.54, 1.807) is 0 Å². The first-order valence-corrected chi connectivity index (χ1v) is 17.7. The highest BCUT2D eigenvalue weighted by Gasteiger charge is 2.24. The molecule has 1 unspecified atom stereocenters. The van der Waals surface area contributed by atoms with E-state index in [0.29, 0.717) is 0 Å². The highest BCUT2D eigenvalue weighted by Crippen LogP contribution is 2.42. The fourth-order valence-corrected chi connectivity index (χ4v) is 8.04. The summed E-state index contributed by atoms with van der Waals surface area (Å²) in [4.78, 5) is 15.8. The van der Waals surface area contributed by atoms with Crippen LogP contribution in [0.2, 0.25) is 0 Å². The molecule has 2 aliphatic carbocycles. The van der Waals surface area contributed by atoms with Crippen LogP contribution in [0, 0.1) is 0 Å². The van der Waals surface area contributed by atoms with Crippen LogP contribution < -0.4 is 0 Å². The molecule has 0 amide bonds. The average Bonchev–Trinajstić information content (AvgIpc) is 3.72. The van der Waals surface area contributed by atoms with Gasteiger partial charge in [0.05, 0.1) is 39.2 Å². The van der Waals surface area contributed by atoms with Gasteiger partial charge in [0.1, 0.15) is 5.82 Å². The molecule has 3 aliphatic rings. The molecule has 5 heteroatoms. The maximum absolute atomic E-state index is 5.40. The molecule has 0 N–H and O–H groups in total. The Labute approximate surface area is 290 Å². The van der Waals surface area contributed by atoms with Crippen LogP contribution >= 0.6 is 0 Å². The number of fused-ring (bicyclic) bond motifs is 7. The van der Waals surface area contributed by atoms with Crippen LogP contribution in [0.25, 0.3) is 60.7 Å². The molecule has 3 aromatic heterocycles. The lowest BCUT2D eigenvalue weighted by atomic mass is 9.95. The number of hydrogen-bond acceptors (Lipinski definition) is 3. The fourth-order valence-electron chi connectivity index (χ4n) is 8.04. The van der Waals surface area contributed by atoms with Crippen LogP contribution in [0.15, 0.2) is 151 Å². The summed E-state index contributed by atoms with van der Waals surface area (Å²) in [5.41, 5.74) is 10.0. The smallest absolute Gasteiger partial charge is 0.174 e. The SMILES string of the molecule is C1=CCC(c2cc(C3=CCCC=C3)nc(C3=NC(n4c5ccccc5c5c6c7ccccc7n(-c7ccccc7)c6ccc54)=CCC3)n2)C=C1. The van der Waals surface area contributed by atoms with Gasteiger partial charge < -0.3 is 4.57 Å². The average molecular weight is 646 g/mol. The van der Waals surface area contributed by atoms with E-state index in [-0.39, 0.29) is 5.92 Å². The van der Waals surface area contributed by atoms with Gasteiger partial charge in [-0.1, -0.05) is 97.1 Å². The molecule has 5 nitrogen and oxygen atoms in total. The summed E-state index contributed by atoms with van der Waals surface area (Å²) >= 11 is 0. The number of allylic oxidation sites excluding steroid dienone is 9. The highest BCUT2D eigenvalue weighted by atomic mass is 15.1. The van der Waals surface area contributed by atoms with Crippen molar-refractivity contribution in [3.63, 3.8) is 0 Å². The van der Waals surface area contributed by atoms with Crippen molar-refractivity contribution in [3.05, 3.63) is 163 Å². The van der Waals surface area contributed by atoms with Gasteiger partial charge in [-0.2, -0.15) is 0 Å². The number of hydrogen-bond donors (Lipinski definition) is 0. The van der Waals surface area contributed by atoms with Crippen LogP contribution in [-0.4, -0.2) is 24.8 Å². The van der Waals surface area contributed by atoms with E-state index in [9.17, 15) is 0 Å². The normalized spacial score (nSPS) is 17.5. The topological polar surface area (TPSA) is 48.0 Å². The summed E-state index contributed by atoms with van der Waals surface area (Å²) in [6.07, 6.45) is 22.5. The van der Waals surface area contributed by atoms with Crippen LogP contribution in [0.1, 0.15) is 55.2 Å². The molecular formula is C45H35N5. The van der Waals surface area contributed by atoms with Gasteiger partial charge in [0, 0.05) is 33.2 Å². The maximum Gasteiger partial charge on any atom is 0.174 e. The number of para-hydroxylation sites is 3. The molecule has 0 spiro atoms. The summed E-state index contributed by atoms with van der Waals surface area (Å²) in [6, 6.07) is 35.0. The molecule has 1 atom stereocenters. The molecular weight excluding hydrogens is 611 g/mol. The minimum atomic E-state index is 0.227. The van der Waals surface area contributed by atoms with Gasteiger partial charge in [0.25, 0.3) is 0 Å². The molecule has 240 valence electrons. The third-order valence-corrected chi connectivity index (χ3v) is 10.3. The molecule has 4 aromatic carbocycles. The monoisotopic (exact) mass is 645 g/mol. The first-order valence-electron chi connectivity index (χ1n) is 17.7. The zero-order chi connectivity index (χ0) is 33.0. The first-order chi connectivity index (χ1) is 24.8. The van der Waals surface area contributed by atoms with Crippen molar-refractivity contribution in [2.24, 2.45) is 4.99 Å². The Balaban J connectivity index is 1.18. The second-order valence-corrected chi connectivity index (χ2v) is 13.4. The van der Waals surface area contributed by atoms with Crippen LogP contribution in [0.4, 0.5) is 0 Å². The van der Waals surface area contributed by atoms with Crippen molar-refractivity contribution in [3.8, 4) is 5.69 Å². The minimum absolute atomic E-state index is 0.227. The van der Waals surface area contributed by atoms with Gasteiger partial charge in [-0.25, -0.2) is 15.0 Å². The predicted octanol–water partition coefficient (Wildman–Crippen LogP) is 11.1. The maximum atomic E-state index is 5.40. The molecule has 0 saturated heterocycles. The third kappa shape index (κ3) is 4.65. The van der Waals surface area contributed by atoms with Gasteiger partial charge in [-0.3, -0.25) is 4.57 Å². The molecule has 0 bridgehead atoms. The zero-order valence-corrected chi connectivity index (χ0v) is 27.7. The molecule has 1 aliphatic heterocycles. The lowest BCUT2D eigenvalue weighted by Crippen LogP contribution is -2.15. The van der Waals surface area contributed by atoms with Crippen LogP contribution in [0.3, 0.4) is 0 Å². The minimum Gasteiger partial charge on any atom is -0.309 e. The summed E-state index contributed by atoms with van der Waals surface area (Å²) in [5, 5.41) is 4.99. The van der Waals surface area contributed by atoms with E-state index in [1.165, 1.54) is 38.2 Å². The van der Waals surface area contributed by atoms with E-state index in [1.807, 2.05) is 0 Å². The van der Waals surface area contributed by atoms with Gasteiger partial charge in [-0.05, 0) is 86.2 Å². The Hall–Kier alpha value is -6.07. The lowest BCUT2D eigenvalue weighted by molar-refractivity contribution is 0.801. The van der Waals surface area contributed by atoms with E-state index in [4.69, 9.17) is 15.0 Å². The molecule has 0 radical (unpaired) electrons. The second kappa shape index (κ2) is 11.8. The molecule has 0 fully saturated rings. The van der Waals surface area contributed by atoms with Crippen molar-refractivity contribution in [2.45, 2.75) is 38.0 Å². The molecule has 10 rings (SSSR count). The number of rotatable bonds is 5. The second-order valence-electron chi connectivity index (χ2n) is 13.4. The van der Waals surface area contributed by atoms with Crippen LogP contribution in [0.5, 0.6) is 0 Å². The number of benzene rings is 4. The Morgan fingerprint density at radius 1 is 0.620 bits per heavy atom. The molecule has 7 aromatic rings. The van der Waals surface area contributed by atoms with Gasteiger partial charge in [-0.15, -0.1) is 0 Å². The third-order valence-electron chi connectivity index (χ3n) is 10.3. The molecule has 0 saturated carbocycles. The van der Waals surface area contributed by atoms with Crippen molar-refractivity contribution >= 4 is 60.7 Å².